The Labute approximate surface area is 239 Å². The van der Waals surface area contributed by atoms with E-state index in [0.29, 0.717) is 40.8 Å². The molecule has 11 nitrogen and oxygen atoms in total. The van der Waals surface area contributed by atoms with Gasteiger partial charge in [0.15, 0.2) is 0 Å². The van der Waals surface area contributed by atoms with Crippen LogP contribution in [-0.2, 0) is 4.79 Å². The van der Waals surface area contributed by atoms with Gasteiger partial charge in [-0.15, -0.1) is 0 Å². The van der Waals surface area contributed by atoms with Crippen LogP contribution in [0.1, 0.15) is 49.7 Å². The minimum atomic E-state index is -0.366. The number of nitriles is 1. The SMILES string of the molecule is C=C(/C=C\C(Cl)=C/C/C=C/C(=O)N[C@H]1CCCCCNc2cc(NC)ccc2-c2nc1[nH]c2C#N)N(N)/C=N\N. The van der Waals surface area contributed by atoms with Gasteiger partial charge < -0.3 is 26.8 Å². The van der Waals surface area contributed by atoms with Gasteiger partial charge in [-0.05, 0) is 55.7 Å². The first-order valence-corrected chi connectivity index (χ1v) is 13.3. The maximum atomic E-state index is 12.8. The molecule has 210 valence electrons. The summed E-state index contributed by atoms with van der Waals surface area (Å²) in [5.41, 5.74) is 4.05. The van der Waals surface area contributed by atoms with Crippen LogP contribution in [0.2, 0.25) is 0 Å². The lowest BCUT2D eigenvalue weighted by Crippen LogP contribution is -2.28. The van der Waals surface area contributed by atoms with Gasteiger partial charge in [0.1, 0.15) is 29.6 Å². The number of benzene rings is 1. The van der Waals surface area contributed by atoms with E-state index >= 15 is 0 Å². The number of amides is 1. The lowest BCUT2D eigenvalue weighted by molar-refractivity contribution is -0.117. The summed E-state index contributed by atoms with van der Waals surface area (Å²) in [7, 11) is 1.86. The van der Waals surface area contributed by atoms with Crippen LogP contribution in [0.25, 0.3) is 11.3 Å². The number of H-pyrrole nitrogens is 1. The molecule has 40 heavy (non-hydrogen) atoms. The molecule has 1 aromatic carbocycles. The summed E-state index contributed by atoms with van der Waals surface area (Å²) in [4.78, 5) is 20.7. The molecule has 0 fully saturated rings. The first-order valence-electron chi connectivity index (χ1n) is 12.9. The Bertz CT molecular complexity index is 1350. The average Bonchev–Trinajstić information content (AvgIpc) is 3.39. The number of fused-ring (bicyclic) bond motifs is 4. The molecule has 3 rings (SSSR count). The molecule has 1 amide bonds. The molecule has 8 N–H and O–H groups in total. The van der Waals surface area contributed by atoms with Crippen LogP contribution >= 0.6 is 11.6 Å². The van der Waals surface area contributed by atoms with E-state index in [2.05, 4.69) is 38.7 Å². The van der Waals surface area contributed by atoms with E-state index in [9.17, 15) is 10.1 Å². The van der Waals surface area contributed by atoms with Gasteiger partial charge in [-0.3, -0.25) is 9.80 Å². The number of aromatic amines is 1. The molecule has 0 aliphatic carbocycles. The monoisotopic (exact) mass is 562 g/mol. The van der Waals surface area contributed by atoms with Crippen LogP contribution in [0, 0.1) is 11.3 Å². The number of aromatic nitrogens is 2. The van der Waals surface area contributed by atoms with Crippen molar-refractivity contribution in [1.29, 1.82) is 5.26 Å². The summed E-state index contributed by atoms with van der Waals surface area (Å²) < 4.78 is 0. The third-order valence-corrected chi connectivity index (χ3v) is 6.48. The van der Waals surface area contributed by atoms with Crippen molar-refractivity contribution in [2.24, 2.45) is 16.8 Å². The van der Waals surface area contributed by atoms with Gasteiger partial charge in [-0.1, -0.05) is 43.2 Å². The third-order valence-electron chi connectivity index (χ3n) is 6.20. The number of hydrogen-bond donors (Lipinski definition) is 6. The summed E-state index contributed by atoms with van der Waals surface area (Å²) in [6, 6.07) is 7.76. The van der Waals surface area contributed by atoms with E-state index in [0.717, 1.165) is 47.8 Å². The highest BCUT2D eigenvalue weighted by Gasteiger charge is 2.22. The van der Waals surface area contributed by atoms with Crippen molar-refractivity contribution in [3.8, 4) is 17.3 Å². The fourth-order valence-corrected chi connectivity index (χ4v) is 4.24. The third kappa shape index (κ3) is 8.49. The molecule has 0 saturated carbocycles. The molecular weight excluding hydrogens is 528 g/mol. The van der Waals surface area contributed by atoms with Crippen LogP contribution in [0.3, 0.4) is 0 Å². The standard InChI is InChI=1S/C28H35ClN10O/c1-19(39(32)18-35-31)11-12-20(29)8-5-6-10-26(40)36-23-9-4-3-7-15-34-24-16-21(33-2)13-14-22(24)27-25(17-30)37-28(23)38-27/h6,8,10-14,16,18,23,33-34H,1,3-5,7,9,15,31-32H2,2H3,(H,36,40)(H,37,38)/b10-6+,12-11-,20-8+,35-18-/t23-/m0/s1. The minimum Gasteiger partial charge on any atom is -0.388 e. The maximum absolute atomic E-state index is 12.8. The number of hydrazone groups is 1. The number of carbonyl (C=O) groups excluding carboxylic acids is 1. The van der Waals surface area contributed by atoms with Gasteiger partial charge in [-0.2, -0.15) is 10.4 Å². The second-order valence-corrected chi connectivity index (χ2v) is 9.47. The van der Waals surface area contributed by atoms with E-state index in [1.165, 1.54) is 12.4 Å². The summed E-state index contributed by atoms with van der Waals surface area (Å²) in [5.74, 6) is 11.0. The molecule has 0 spiro atoms. The van der Waals surface area contributed by atoms with Gasteiger partial charge in [0.25, 0.3) is 0 Å². The first kappa shape index (κ1) is 30.0. The molecule has 2 aromatic rings. The Kier molecular flexibility index (Phi) is 11.4. The number of imidazole rings is 1. The highest BCUT2D eigenvalue weighted by molar-refractivity contribution is 6.31. The first-order chi connectivity index (χ1) is 19.4. The lowest BCUT2D eigenvalue weighted by Gasteiger charge is -2.17. The molecule has 1 aliphatic rings. The van der Waals surface area contributed by atoms with Crippen LogP contribution < -0.4 is 27.6 Å². The van der Waals surface area contributed by atoms with Gasteiger partial charge >= 0.3 is 0 Å². The number of carbonyl (C=O) groups is 1. The molecule has 1 atom stereocenters. The van der Waals surface area contributed by atoms with E-state index in [1.54, 1.807) is 24.3 Å². The smallest absolute Gasteiger partial charge is 0.244 e. The second-order valence-electron chi connectivity index (χ2n) is 9.03. The minimum absolute atomic E-state index is 0.262. The zero-order chi connectivity index (χ0) is 28.9. The summed E-state index contributed by atoms with van der Waals surface area (Å²) in [6.45, 7) is 4.57. The molecule has 0 saturated heterocycles. The Balaban J connectivity index is 1.72. The number of anilines is 2. The van der Waals surface area contributed by atoms with Crippen molar-refractivity contribution in [2.45, 2.75) is 38.1 Å². The zero-order valence-electron chi connectivity index (χ0n) is 22.5. The van der Waals surface area contributed by atoms with Crippen molar-refractivity contribution in [2.75, 3.05) is 24.2 Å². The van der Waals surface area contributed by atoms with E-state index in [-0.39, 0.29) is 11.9 Å². The molecular formula is C28H35ClN10O. The largest absolute Gasteiger partial charge is 0.388 e. The molecule has 0 radical (unpaired) electrons. The fourth-order valence-electron chi connectivity index (χ4n) is 4.09. The van der Waals surface area contributed by atoms with Crippen molar-refractivity contribution in [3.63, 3.8) is 0 Å². The molecule has 1 aromatic heterocycles. The summed E-state index contributed by atoms with van der Waals surface area (Å²) >= 11 is 6.21. The highest BCUT2D eigenvalue weighted by atomic mass is 35.5. The topological polar surface area (TPSA) is 173 Å². The fraction of sp³-hybridized carbons (Fsp3) is 0.286. The zero-order valence-corrected chi connectivity index (χ0v) is 23.2. The van der Waals surface area contributed by atoms with E-state index < -0.39 is 0 Å². The van der Waals surface area contributed by atoms with Crippen molar-refractivity contribution < 1.29 is 4.79 Å². The number of halogens is 1. The Morgan fingerprint density at radius 3 is 2.92 bits per heavy atom. The van der Waals surface area contributed by atoms with E-state index in [1.807, 2.05) is 25.2 Å². The van der Waals surface area contributed by atoms with E-state index in [4.69, 9.17) is 28.3 Å². The highest BCUT2D eigenvalue weighted by Crippen LogP contribution is 2.33. The van der Waals surface area contributed by atoms with Gasteiger partial charge in [-0.25, -0.2) is 10.8 Å². The number of allylic oxidation sites excluding steroid dienone is 5. The van der Waals surface area contributed by atoms with Gasteiger partial charge in [0, 0.05) is 35.6 Å². The van der Waals surface area contributed by atoms with Crippen LogP contribution in [0.15, 0.2) is 71.0 Å². The second kappa shape index (κ2) is 15.2. The van der Waals surface area contributed by atoms with Crippen LogP contribution in [0.4, 0.5) is 11.4 Å². The van der Waals surface area contributed by atoms with Crippen molar-refractivity contribution in [3.05, 3.63) is 77.4 Å². The Morgan fingerprint density at radius 2 is 2.17 bits per heavy atom. The number of hydrogen-bond acceptors (Lipinski definition) is 8. The number of nitrogens with zero attached hydrogens (tertiary/aromatic N) is 4. The predicted molar refractivity (Wildman–Crippen MR) is 161 cm³/mol. The maximum Gasteiger partial charge on any atom is 0.244 e. The molecule has 1 aliphatic heterocycles. The number of nitrogens with two attached hydrogens (primary N) is 2. The average molecular weight is 563 g/mol. The van der Waals surface area contributed by atoms with Crippen LogP contribution in [-0.4, -0.2) is 40.8 Å². The lowest BCUT2D eigenvalue weighted by atomic mass is 10.1. The van der Waals surface area contributed by atoms with Gasteiger partial charge in [0.05, 0.1) is 11.7 Å². The Hall–Kier alpha value is -4.53. The normalized spacial score (nSPS) is 16.1. The molecule has 2 heterocycles. The van der Waals surface area contributed by atoms with Crippen LogP contribution in [0.5, 0.6) is 0 Å². The molecule has 0 unspecified atom stereocenters. The Morgan fingerprint density at radius 1 is 1.35 bits per heavy atom. The number of hydrazine groups is 1. The molecule has 12 heteroatoms. The van der Waals surface area contributed by atoms with Crippen molar-refractivity contribution >= 4 is 35.2 Å². The molecule has 2 bridgehead atoms. The summed E-state index contributed by atoms with van der Waals surface area (Å²) in [5, 5.41) is 24.4. The van der Waals surface area contributed by atoms with Gasteiger partial charge in [0.2, 0.25) is 5.91 Å². The number of rotatable bonds is 9. The quantitative estimate of drug-likeness (QED) is 0.0653. The predicted octanol–water partition coefficient (Wildman–Crippen LogP) is 4.35. The van der Waals surface area contributed by atoms with Crippen molar-refractivity contribution in [1.82, 2.24) is 20.3 Å². The number of nitrogens with one attached hydrogen (secondary N) is 4. The summed E-state index contributed by atoms with van der Waals surface area (Å²) in [6.07, 6.45) is 13.4.